The first kappa shape index (κ1) is 15.1. The van der Waals surface area contributed by atoms with E-state index >= 15 is 0 Å². The number of benzene rings is 1. The molecule has 0 bridgehead atoms. The van der Waals surface area contributed by atoms with E-state index in [0.29, 0.717) is 6.07 Å². The monoisotopic (exact) mass is 326 g/mol. The van der Waals surface area contributed by atoms with Gasteiger partial charge in [-0.2, -0.15) is 13.2 Å². The third-order valence-corrected chi connectivity index (χ3v) is 3.30. The van der Waals surface area contributed by atoms with Crippen LogP contribution in [0.25, 0.3) is 0 Å². The lowest BCUT2D eigenvalue weighted by molar-refractivity contribution is -0.137. The number of hydrogen-bond acceptors (Lipinski definition) is 1. The van der Waals surface area contributed by atoms with Crippen LogP contribution in [-0.2, 0) is 17.4 Å². The Hall–Kier alpha value is -0.910. The lowest BCUT2D eigenvalue weighted by Gasteiger charge is -2.12. The van der Waals surface area contributed by atoms with Crippen molar-refractivity contribution >= 4 is 21.7 Å². The summed E-state index contributed by atoms with van der Waals surface area (Å²) in [5, 5.41) is 0. The lowest BCUT2D eigenvalue weighted by Crippen LogP contribution is -2.17. The number of halogens is 5. The lowest BCUT2D eigenvalue weighted by atomic mass is 10.0. The number of Topliss-reactive ketones (excluding diaryl/α,β-unsaturated/α-hetero) is 1. The Morgan fingerprint density at radius 3 is 2.50 bits per heavy atom. The maximum absolute atomic E-state index is 13.4. The Bertz CT molecular complexity index is 442. The molecule has 0 aliphatic heterocycles. The van der Waals surface area contributed by atoms with E-state index in [9.17, 15) is 22.4 Å². The van der Waals surface area contributed by atoms with E-state index in [4.69, 9.17) is 0 Å². The van der Waals surface area contributed by atoms with Gasteiger partial charge in [0.1, 0.15) is 11.6 Å². The van der Waals surface area contributed by atoms with Crippen LogP contribution >= 0.6 is 15.9 Å². The molecular weight excluding hydrogens is 316 g/mol. The summed E-state index contributed by atoms with van der Waals surface area (Å²) >= 11 is 3.05. The smallest absolute Gasteiger partial charge is 0.298 e. The second kappa shape index (κ2) is 5.82. The van der Waals surface area contributed by atoms with Crippen molar-refractivity contribution in [3.8, 4) is 0 Å². The summed E-state index contributed by atoms with van der Waals surface area (Å²) in [4.78, 5) is 10.7. The first-order valence-corrected chi connectivity index (χ1v) is 6.19. The van der Waals surface area contributed by atoms with Crippen molar-refractivity contribution in [3.05, 3.63) is 35.1 Å². The molecule has 0 fully saturated rings. The average molecular weight is 327 g/mol. The number of alkyl halides is 4. The van der Waals surface area contributed by atoms with Gasteiger partial charge in [-0.15, -0.1) is 0 Å². The molecule has 100 valence electrons. The molecule has 1 aromatic rings. The third kappa shape index (κ3) is 3.80. The molecule has 0 aliphatic carbocycles. The zero-order valence-electron chi connectivity index (χ0n) is 9.52. The summed E-state index contributed by atoms with van der Waals surface area (Å²) in [6.45, 7) is 1.64. The van der Waals surface area contributed by atoms with Crippen molar-refractivity contribution in [1.82, 2.24) is 0 Å². The van der Waals surface area contributed by atoms with Crippen LogP contribution in [-0.4, -0.2) is 10.6 Å². The standard InChI is InChI=1S/C12H11BrF4O/c1-2-11(18)9(13)6-7-5-8(12(15,16)17)3-4-10(7)14/h3-5,9H,2,6H2,1H3. The first-order valence-electron chi connectivity index (χ1n) is 5.28. The molecule has 0 amide bonds. The Morgan fingerprint density at radius 2 is 2.00 bits per heavy atom. The van der Waals surface area contributed by atoms with Crippen LogP contribution in [0.15, 0.2) is 18.2 Å². The van der Waals surface area contributed by atoms with Gasteiger partial charge < -0.3 is 0 Å². The van der Waals surface area contributed by atoms with Crippen molar-refractivity contribution in [2.45, 2.75) is 30.8 Å². The van der Waals surface area contributed by atoms with E-state index in [-0.39, 0.29) is 24.2 Å². The highest BCUT2D eigenvalue weighted by Gasteiger charge is 2.31. The quantitative estimate of drug-likeness (QED) is 0.600. The minimum atomic E-state index is -4.51. The molecule has 0 aromatic heterocycles. The molecule has 1 rings (SSSR count). The van der Waals surface area contributed by atoms with Gasteiger partial charge in [0.25, 0.3) is 0 Å². The van der Waals surface area contributed by atoms with Crippen molar-refractivity contribution in [3.63, 3.8) is 0 Å². The number of hydrogen-bond donors (Lipinski definition) is 0. The minimum absolute atomic E-state index is 0.0948. The molecule has 1 nitrogen and oxygen atoms in total. The van der Waals surface area contributed by atoms with Crippen LogP contribution in [0.5, 0.6) is 0 Å². The van der Waals surface area contributed by atoms with Crippen LogP contribution in [0.3, 0.4) is 0 Å². The predicted octanol–water partition coefficient (Wildman–Crippen LogP) is 4.13. The molecule has 1 aromatic carbocycles. The second-order valence-corrected chi connectivity index (χ2v) is 4.90. The Labute approximate surface area is 110 Å². The first-order chi connectivity index (χ1) is 8.25. The Balaban J connectivity index is 2.98. The maximum atomic E-state index is 13.4. The molecule has 18 heavy (non-hydrogen) atoms. The van der Waals surface area contributed by atoms with Crippen molar-refractivity contribution in [2.24, 2.45) is 0 Å². The molecule has 1 atom stereocenters. The number of carbonyl (C=O) groups excluding carboxylic acids is 1. The van der Waals surface area contributed by atoms with E-state index < -0.39 is 22.4 Å². The van der Waals surface area contributed by atoms with Crippen LogP contribution in [0, 0.1) is 5.82 Å². The highest BCUT2D eigenvalue weighted by atomic mass is 79.9. The van der Waals surface area contributed by atoms with Crippen LogP contribution < -0.4 is 0 Å². The van der Waals surface area contributed by atoms with Crippen LogP contribution in [0.1, 0.15) is 24.5 Å². The van der Waals surface area contributed by atoms with Gasteiger partial charge in [-0.25, -0.2) is 4.39 Å². The van der Waals surface area contributed by atoms with E-state index in [0.717, 1.165) is 12.1 Å². The molecule has 6 heteroatoms. The molecule has 0 aliphatic rings. The normalized spacial score (nSPS) is 13.4. The molecule has 1 unspecified atom stereocenters. The second-order valence-electron chi connectivity index (χ2n) is 3.80. The summed E-state index contributed by atoms with van der Waals surface area (Å²) in [5.74, 6) is -0.914. The average Bonchev–Trinajstić information content (AvgIpc) is 2.29. The molecule has 0 radical (unpaired) electrons. The van der Waals surface area contributed by atoms with E-state index in [1.807, 2.05) is 0 Å². The predicted molar refractivity (Wildman–Crippen MR) is 63.1 cm³/mol. The summed E-state index contributed by atoms with van der Waals surface area (Å²) in [6, 6.07) is 2.20. The number of rotatable bonds is 4. The van der Waals surface area contributed by atoms with E-state index in [1.54, 1.807) is 6.92 Å². The van der Waals surface area contributed by atoms with E-state index in [1.165, 1.54) is 0 Å². The fourth-order valence-corrected chi connectivity index (χ4v) is 2.11. The highest BCUT2D eigenvalue weighted by molar-refractivity contribution is 9.10. The van der Waals surface area contributed by atoms with Gasteiger partial charge in [-0.05, 0) is 30.2 Å². The molecule has 0 saturated carbocycles. The summed E-state index contributed by atoms with van der Waals surface area (Å²) in [7, 11) is 0. The fourth-order valence-electron chi connectivity index (χ4n) is 1.44. The van der Waals surface area contributed by atoms with Crippen LogP contribution in [0.4, 0.5) is 17.6 Å². The number of ketones is 1. The number of carbonyl (C=O) groups is 1. The van der Waals surface area contributed by atoms with E-state index in [2.05, 4.69) is 15.9 Å². The third-order valence-electron chi connectivity index (χ3n) is 2.47. The van der Waals surface area contributed by atoms with Gasteiger partial charge in [0.05, 0.1) is 10.4 Å². The molecular formula is C12H11BrF4O. The van der Waals surface area contributed by atoms with Gasteiger partial charge >= 0.3 is 6.18 Å². The molecule has 0 heterocycles. The SMILES string of the molecule is CCC(=O)C(Br)Cc1cc(C(F)(F)F)ccc1F. The van der Waals surface area contributed by atoms with Gasteiger partial charge in [-0.3, -0.25) is 4.79 Å². The zero-order valence-corrected chi connectivity index (χ0v) is 11.1. The minimum Gasteiger partial charge on any atom is -0.298 e. The van der Waals surface area contributed by atoms with Gasteiger partial charge in [0.15, 0.2) is 0 Å². The fraction of sp³-hybridized carbons (Fsp3) is 0.417. The summed E-state index contributed by atoms with van der Waals surface area (Å²) in [6.07, 6.45) is -4.36. The largest absolute Gasteiger partial charge is 0.416 e. The molecule has 0 spiro atoms. The zero-order chi connectivity index (χ0) is 13.9. The summed E-state index contributed by atoms with van der Waals surface area (Å²) < 4.78 is 50.8. The van der Waals surface area contributed by atoms with Gasteiger partial charge in [0.2, 0.25) is 0 Å². The van der Waals surface area contributed by atoms with Crippen molar-refractivity contribution < 1.29 is 22.4 Å². The Kier molecular flexibility index (Phi) is 4.90. The topological polar surface area (TPSA) is 17.1 Å². The van der Waals surface area contributed by atoms with Gasteiger partial charge in [0, 0.05) is 6.42 Å². The molecule has 0 saturated heterocycles. The maximum Gasteiger partial charge on any atom is 0.416 e. The van der Waals surface area contributed by atoms with Crippen molar-refractivity contribution in [1.29, 1.82) is 0 Å². The molecule has 0 N–H and O–H groups in total. The summed E-state index contributed by atoms with van der Waals surface area (Å²) in [5.41, 5.74) is -1.03. The Morgan fingerprint density at radius 1 is 1.39 bits per heavy atom. The van der Waals surface area contributed by atoms with Gasteiger partial charge in [-0.1, -0.05) is 22.9 Å². The highest BCUT2D eigenvalue weighted by Crippen LogP contribution is 2.31. The van der Waals surface area contributed by atoms with Crippen LogP contribution in [0.2, 0.25) is 0 Å². The van der Waals surface area contributed by atoms with Crippen molar-refractivity contribution in [2.75, 3.05) is 0 Å².